The molecule has 2 aromatic heterocycles. The molecule has 2 heterocycles. The number of amides is 1. The molecule has 0 radical (unpaired) electrons. The summed E-state index contributed by atoms with van der Waals surface area (Å²) in [6.07, 6.45) is 1.66. The van der Waals surface area contributed by atoms with E-state index in [-0.39, 0.29) is 29.8 Å². The van der Waals surface area contributed by atoms with Crippen LogP contribution in [0.1, 0.15) is 36.8 Å². The zero-order chi connectivity index (χ0) is 21.0. The molecule has 7 nitrogen and oxygen atoms in total. The summed E-state index contributed by atoms with van der Waals surface area (Å²) in [6.45, 7) is 6.61. The number of aromatic nitrogens is 2. The van der Waals surface area contributed by atoms with Gasteiger partial charge in [-0.3, -0.25) is 19.7 Å². The van der Waals surface area contributed by atoms with Gasteiger partial charge >= 0.3 is 5.97 Å². The Morgan fingerprint density at radius 3 is 2.66 bits per heavy atom. The molecule has 1 aromatic carbocycles. The lowest BCUT2D eigenvalue weighted by molar-refractivity contribution is -0.142. The van der Waals surface area contributed by atoms with Crippen molar-refractivity contribution in [2.45, 2.75) is 33.7 Å². The summed E-state index contributed by atoms with van der Waals surface area (Å²) in [5.41, 5.74) is 0.832. The Bertz CT molecular complexity index is 1100. The van der Waals surface area contributed by atoms with E-state index >= 15 is 0 Å². The molecule has 29 heavy (non-hydrogen) atoms. The number of hydrogen-bond donors (Lipinski definition) is 1. The Labute approximate surface area is 172 Å². The maximum atomic E-state index is 13.0. The number of benzene rings is 1. The molecule has 1 N–H and O–H groups in total. The van der Waals surface area contributed by atoms with Crippen LogP contribution in [0.4, 0.5) is 5.13 Å². The molecule has 0 atom stereocenters. The highest BCUT2D eigenvalue weighted by molar-refractivity contribution is 7.14. The number of rotatable bonds is 7. The number of nitrogens with one attached hydrogen (secondary N) is 1. The first-order valence-corrected chi connectivity index (χ1v) is 10.3. The van der Waals surface area contributed by atoms with Crippen LogP contribution in [0.25, 0.3) is 10.8 Å². The molecule has 152 valence electrons. The van der Waals surface area contributed by atoms with Gasteiger partial charge in [-0.15, -0.1) is 11.3 Å². The molecule has 0 aliphatic heterocycles. The van der Waals surface area contributed by atoms with Crippen molar-refractivity contribution in [3.8, 4) is 0 Å². The molecule has 0 aliphatic carbocycles. The van der Waals surface area contributed by atoms with Crippen LogP contribution in [0.15, 0.2) is 40.6 Å². The highest BCUT2D eigenvalue weighted by atomic mass is 32.1. The van der Waals surface area contributed by atoms with Crippen molar-refractivity contribution < 1.29 is 14.3 Å². The van der Waals surface area contributed by atoms with Gasteiger partial charge in [0.15, 0.2) is 5.13 Å². The van der Waals surface area contributed by atoms with Crippen molar-refractivity contribution in [3.63, 3.8) is 0 Å². The molecule has 3 rings (SSSR count). The number of nitrogens with zero attached hydrogens (tertiary/aromatic N) is 2. The fourth-order valence-corrected chi connectivity index (χ4v) is 3.73. The Balaban J connectivity index is 1.89. The molecule has 3 aromatic rings. The second-order valence-corrected chi connectivity index (χ2v) is 7.88. The van der Waals surface area contributed by atoms with Gasteiger partial charge < -0.3 is 9.30 Å². The zero-order valence-electron chi connectivity index (χ0n) is 16.6. The van der Waals surface area contributed by atoms with Crippen molar-refractivity contribution in [1.82, 2.24) is 9.55 Å². The minimum absolute atomic E-state index is 0.0579. The summed E-state index contributed by atoms with van der Waals surface area (Å²) >= 11 is 1.24. The molecule has 0 saturated carbocycles. The number of hydrogen-bond acceptors (Lipinski definition) is 6. The highest BCUT2D eigenvalue weighted by Gasteiger charge is 2.17. The number of fused-ring (bicyclic) bond motifs is 1. The maximum absolute atomic E-state index is 13.0. The van der Waals surface area contributed by atoms with E-state index in [9.17, 15) is 14.4 Å². The molecule has 8 heteroatoms. The lowest BCUT2D eigenvalue weighted by atomic mass is 10.1. The molecular weight excluding hydrogens is 390 g/mol. The third kappa shape index (κ3) is 4.89. The monoisotopic (exact) mass is 413 g/mol. The van der Waals surface area contributed by atoms with Gasteiger partial charge in [0.1, 0.15) is 0 Å². The van der Waals surface area contributed by atoms with E-state index < -0.39 is 0 Å². The average molecular weight is 413 g/mol. The largest absolute Gasteiger partial charge is 0.466 e. The molecule has 0 bridgehead atoms. The predicted octanol–water partition coefficient (Wildman–Crippen LogP) is 3.47. The van der Waals surface area contributed by atoms with E-state index in [4.69, 9.17) is 4.74 Å². The number of esters is 1. The van der Waals surface area contributed by atoms with E-state index in [1.54, 1.807) is 47.3 Å². The van der Waals surface area contributed by atoms with Gasteiger partial charge in [-0.1, -0.05) is 32.0 Å². The fraction of sp³-hybridized carbons (Fsp3) is 0.333. The molecule has 0 spiro atoms. The van der Waals surface area contributed by atoms with Crippen LogP contribution in [0.5, 0.6) is 0 Å². The topological polar surface area (TPSA) is 90.3 Å². The number of pyridine rings is 1. The zero-order valence-corrected chi connectivity index (χ0v) is 17.4. The van der Waals surface area contributed by atoms with E-state index in [2.05, 4.69) is 10.3 Å². The second-order valence-electron chi connectivity index (χ2n) is 7.02. The van der Waals surface area contributed by atoms with E-state index in [1.807, 2.05) is 13.8 Å². The SMILES string of the molecule is CCOC(=O)Cc1csc(NC(=O)c2cn(CC(C)C)c(=O)c3ccccc23)n1. The third-order valence-electron chi connectivity index (χ3n) is 4.20. The Morgan fingerprint density at radius 2 is 1.97 bits per heavy atom. The number of ether oxygens (including phenoxy) is 1. The van der Waals surface area contributed by atoms with Crippen LogP contribution in [0.2, 0.25) is 0 Å². The van der Waals surface area contributed by atoms with Crippen molar-refractivity contribution in [2.75, 3.05) is 11.9 Å². The van der Waals surface area contributed by atoms with Crippen LogP contribution in [-0.2, 0) is 22.5 Å². The van der Waals surface area contributed by atoms with Gasteiger partial charge in [-0.2, -0.15) is 0 Å². The molecule has 0 saturated heterocycles. The van der Waals surface area contributed by atoms with Crippen molar-refractivity contribution >= 4 is 39.1 Å². The number of carbonyl (C=O) groups is 2. The Kier molecular flexibility index (Phi) is 6.43. The smallest absolute Gasteiger partial charge is 0.311 e. The summed E-state index contributed by atoms with van der Waals surface area (Å²) in [5, 5.41) is 5.98. The quantitative estimate of drug-likeness (QED) is 0.599. The maximum Gasteiger partial charge on any atom is 0.311 e. The molecule has 0 unspecified atom stereocenters. The fourth-order valence-electron chi connectivity index (χ4n) is 3.02. The van der Waals surface area contributed by atoms with Gasteiger partial charge in [-0.25, -0.2) is 4.98 Å². The van der Waals surface area contributed by atoms with Crippen molar-refractivity contribution in [1.29, 1.82) is 0 Å². The Hall–Kier alpha value is -3.00. The van der Waals surface area contributed by atoms with Crippen molar-refractivity contribution in [3.05, 3.63) is 57.5 Å². The first-order valence-electron chi connectivity index (χ1n) is 9.42. The summed E-state index contributed by atoms with van der Waals surface area (Å²) in [6, 6.07) is 7.07. The van der Waals surface area contributed by atoms with Crippen molar-refractivity contribution in [2.24, 2.45) is 5.92 Å². The molecular formula is C21H23N3O4S. The molecule has 0 fully saturated rings. The predicted molar refractivity (Wildman–Crippen MR) is 113 cm³/mol. The van der Waals surface area contributed by atoms with Gasteiger partial charge in [0.2, 0.25) is 0 Å². The Morgan fingerprint density at radius 1 is 1.24 bits per heavy atom. The second kappa shape index (κ2) is 9.00. The van der Waals surface area contributed by atoms with Gasteiger partial charge in [0, 0.05) is 28.9 Å². The first kappa shape index (κ1) is 20.7. The lowest BCUT2D eigenvalue weighted by Gasteiger charge is -2.13. The average Bonchev–Trinajstić information content (AvgIpc) is 3.10. The van der Waals surface area contributed by atoms with Crippen LogP contribution in [-0.4, -0.2) is 28.0 Å². The van der Waals surface area contributed by atoms with Crippen LogP contribution in [0, 0.1) is 5.92 Å². The minimum atomic E-state index is -0.359. The summed E-state index contributed by atoms with van der Waals surface area (Å²) < 4.78 is 6.49. The standard InChI is InChI=1S/C21H23N3O4S/c1-4-28-18(25)9-14-12-29-21(22-14)23-19(26)17-11-24(10-13(2)3)20(27)16-8-6-5-7-15(16)17/h5-8,11-13H,4,9-10H2,1-3H3,(H,22,23,26). The first-order chi connectivity index (χ1) is 13.9. The van der Waals surface area contributed by atoms with Gasteiger partial charge in [0.25, 0.3) is 11.5 Å². The number of anilines is 1. The van der Waals surface area contributed by atoms with Crippen LogP contribution < -0.4 is 10.9 Å². The van der Waals surface area contributed by atoms with Crippen LogP contribution >= 0.6 is 11.3 Å². The minimum Gasteiger partial charge on any atom is -0.466 e. The highest BCUT2D eigenvalue weighted by Crippen LogP contribution is 2.20. The lowest BCUT2D eigenvalue weighted by Crippen LogP contribution is -2.25. The third-order valence-corrected chi connectivity index (χ3v) is 5.01. The number of carbonyl (C=O) groups excluding carboxylic acids is 2. The molecule has 0 aliphatic rings. The molecule has 1 amide bonds. The van der Waals surface area contributed by atoms with E-state index in [0.29, 0.717) is 40.3 Å². The summed E-state index contributed by atoms with van der Waals surface area (Å²) in [4.78, 5) is 41.6. The normalized spacial score (nSPS) is 11.0. The van der Waals surface area contributed by atoms with Gasteiger partial charge in [0.05, 0.1) is 24.3 Å². The summed E-state index contributed by atoms with van der Waals surface area (Å²) in [5.74, 6) is -0.452. The van der Waals surface area contributed by atoms with E-state index in [1.165, 1.54) is 11.3 Å². The number of thiazole rings is 1. The van der Waals surface area contributed by atoms with Crippen LogP contribution in [0.3, 0.4) is 0 Å². The van der Waals surface area contributed by atoms with Gasteiger partial charge in [-0.05, 0) is 18.9 Å². The summed E-state index contributed by atoms with van der Waals surface area (Å²) in [7, 11) is 0. The van der Waals surface area contributed by atoms with E-state index in [0.717, 1.165) is 0 Å².